The summed E-state index contributed by atoms with van der Waals surface area (Å²) >= 11 is 7.50. The molecule has 30 heavy (non-hydrogen) atoms. The maximum absolute atomic E-state index is 12.7. The van der Waals surface area contributed by atoms with Gasteiger partial charge in [-0.1, -0.05) is 11.6 Å². The molecular weight excluding hydrogens is 444 g/mol. The van der Waals surface area contributed by atoms with E-state index >= 15 is 0 Å². The second-order valence-corrected chi connectivity index (χ2v) is 9.87. The van der Waals surface area contributed by atoms with Crippen LogP contribution in [0.15, 0.2) is 76.2 Å². The highest BCUT2D eigenvalue weighted by molar-refractivity contribution is 7.98. The first kappa shape index (κ1) is 22.3. The van der Waals surface area contributed by atoms with Crippen molar-refractivity contribution in [2.45, 2.75) is 10.6 Å². The largest absolute Gasteiger partial charge is 0.468 e. The summed E-state index contributed by atoms with van der Waals surface area (Å²) in [4.78, 5) is 12.4. The van der Waals surface area contributed by atoms with Crippen LogP contribution in [0.5, 0.6) is 0 Å². The Morgan fingerprint density at radius 2 is 1.80 bits per heavy atom. The number of hydrogen-bond donors (Lipinski definition) is 1. The summed E-state index contributed by atoms with van der Waals surface area (Å²) < 4.78 is 31.9. The Morgan fingerprint density at radius 1 is 1.10 bits per heavy atom. The third-order valence-corrected chi connectivity index (χ3v) is 7.35. The van der Waals surface area contributed by atoms with E-state index in [0.29, 0.717) is 22.8 Å². The summed E-state index contributed by atoms with van der Waals surface area (Å²) in [6.45, 7) is 0.525. The van der Waals surface area contributed by atoms with Crippen LogP contribution in [0.3, 0.4) is 0 Å². The van der Waals surface area contributed by atoms with E-state index < -0.39 is 10.0 Å². The summed E-state index contributed by atoms with van der Waals surface area (Å²) in [7, 11) is -2.25. The Bertz CT molecular complexity index is 1070. The van der Waals surface area contributed by atoms with Crippen LogP contribution in [-0.4, -0.2) is 33.7 Å². The van der Waals surface area contributed by atoms with E-state index in [2.05, 4.69) is 5.32 Å². The van der Waals surface area contributed by atoms with Gasteiger partial charge in [0.1, 0.15) is 5.76 Å². The highest BCUT2D eigenvalue weighted by Crippen LogP contribution is 2.23. The van der Waals surface area contributed by atoms with Crippen molar-refractivity contribution in [3.63, 3.8) is 0 Å². The molecule has 0 bridgehead atoms. The average molecular weight is 465 g/mol. The van der Waals surface area contributed by atoms with Crippen LogP contribution < -0.4 is 9.62 Å². The third-order valence-electron chi connectivity index (χ3n) is 4.32. The molecule has 2 aromatic carbocycles. The first-order chi connectivity index (χ1) is 14.4. The van der Waals surface area contributed by atoms with Gasteiger partial charge in [0, 0.05) is 29.9 Å². The molecule has 0 fully saturated rings. The van der Waals surface area contributed by atoms with Crippen LogP contribution in [0, 0.1) is 0 Å². The lowest BCUT2D eigenvalue weighted by molar-refractivity contribution is 0.0956. The molecule has 0 aliphatic heterocycles. The Hall–Kier alpha value is -2.42. The zero-order valence-corrected chi connectivity index (χ0v) is 18.6. The number of nitrogens with zero attached hydrogens (tertiary/aromatic N) is 1. The standard InChI is InChI=1S/C21H21ClN2O4S2/c1-24(30(26,27)20-10-6-17(22)7-11-20)18-8-4-16(5-9-18)21(25)23-12-14-29-15-19-3-2-13-28-19/h2-11,13H,12,14-15H2,1H3,(H,23,25). The number of halogens is 1. The number of benzene rings is 2. The van der Waals surface area contributed by atoms with Gasteiger partial charge in [0.2, 0.25) is 0 Å². The van der Waals surface area contributed by atoms with Crippen molar-refractivity contribution in [1.29, 1.82) is 0 Å². The molecule has 3 rings (SSSR count). The number of sulfonamides is 1. The van der Waals surface area contributed by atoms with Crippen LogP contribution in [0.2, 0.25) is 5.02 Å². The maximum atomic E-state index is 12.7. The summed E-state index contributed by atoms with van der Waals surface area (Å²) in [5.74, 6) is 2.21. The summed E-state index contributed by atoms with van der Waals surface area (Å²) in [6, 6.07) is 16.2. The van der Waals surface area contributed by atoms with E-state index in [1.165, 1.54) is 35.6 Å². The van der Waals surface area contributed by atoms with E-state index in [1.54, 1.807) is 42.3 Å². The van der Waals surface area contributed by atoms with Crippen LogP contribution in [-0.2, 0) is 15.8 Å². The lowest BCUT2D eigenvalue weighted by atomic mass is 10.2. The number of thioether (sulfide) groups is 1. The number of furan rings is 1. The van der Waals surface area contributed by atoms with Gasteiger partial charge in [0.15, 0.2) is 0 Å². The first-order valence-electron chi connectivity index (χ1n) is 9.11. The number of amides is 1. The van der Waals surface area contributed by atoms with Gasteiger partial charge < -0.3 is 9.73 Å². The Morgan fingerprint density at radius 3 is 2.43 bits per heavy atom. The minimum atomic E-state index is -3.72. The molecule has 0 aliphatic rings. The van der Waals surface area contributed by atoms with Gasteiger partial charge in [-0.25, -0.2) is 8.42 Å². The second-order valence-electron chi connectivity index (χ2n) is 6.36. The zero-order valence-electron chi connectivity index (χ0n) is 16.2. The van der Waals surface area contributed by atoms with E-state index in [9.17, 15) is 13.2 Å². The average Bonchev–Trinajstić information content (AvgIpc) is 3.27. The van der Waals surface area contributed by atoms with Crippen LogP contribution in [0.4, 0.5) is 5.69 Å². The minimum Gasteiger partial charge on any atom is -0.468 e. The molecule has 0 unspecified atom stereocenters. The van der Waals surface area contributed by atoms with Gasteiger partial charge >= 0.3 is 0 Å². The molecule has 1 aromatic heterocycles. The number of rotatable bonds is 9. The molecular formula is C21H21ClN2O4S2. The molecule has 9 heteroatoms. The lowest BCUT2D eigenvalue weighted by Gasteiger charge is -2.19. The molecule has 0 saturated carbocycles. The number of carbonyl (C=O) groups is 1. The van der Waals surface area contributed by atoms with Gasteiger partial charge in [0.05, 0.1) is 22.6 Å². The molecule has 0 aliphatic carbocycles. The SMILES string of the molecule is CN(c1ccc(C(=O)NCCSCc2ccco2)cc1)S(=O)(=O)c1ccc(Cl)cc1. The quantitative estimate of drug-likeness (QED) is 0.474. The predicted octanol–water partition coefficient (Wildman–Crippen LogP) is 4.42. The second kappa shape index (κ2) is 10.1. The van der Waals surface area contributed by atoms with Crippen molar-refractivity contribution in [3.05, 3.63) is 83.3 Å². The number of hydrogen-bond acceptors (Lipinski definition) is 5. The molecule has 0 saturated heterocycles. The molecule has 0 spiro atoms. The molecule has 158 valence electrons. The van der Waals surface area contributed by atoms with Gasteiger partial charge in [-0.2, -0.15) is 11.8 Å². The molecule has 0 atom stereocenters. The van der Waals surface area contributed by atoms with Gasteiger partial charge in [-0.05, 0) is 60.7 Å². The minimum absolute atomic E-state index is 0.142. The van der Waals surface area contributed by atoms with E-state index in [0.717, 1.165) is 17.3 Å². The maximum Gasteiger partial charge on any atom is 0.264 e. The van der Waals surface area contributed by atoms with Crippen molar-refractivity contribution >= 4 is 45.0 Å². The van der Waals surface area contributed by atoms with Crippen molar-refractivity contribution in [1.82, 2.24) is 5.32 Å². The molecule has 1 amide bonds. The molecule has 0 radical (unpaired) electrons. The van der Waals surface area contributed by atoms with E-state index in [-0.39, 0.29) is 10.8 Å². The topological polar surface area (TPSA) is 79.6 Å². The fourth-order valence-electron chi connectivity index (χ4n) is 2.63. The molecule has 1 heterocycles. The summed E-state index contributed by atoms with van der Waals surface area (Å²) in [5, 5.41) is 3.32. The highest BCUT2D eigenvalue weighted by atomic mass is 35.5. The van der Waals surface area contributed by atoms with Crippen molar-refractivity contribution < 1.29 is 17.6 Å². The molecule has 3 aromatic rings. The molecule has 1 N–H and O–H groups in total. The van der Waals surface area contributed by atoms with E-state index in [4.69, 9.17) is 16.0 Å². The van der Waals surface area contributed by atoms with Gasteiger partial charge in [-0.3, -0.25) is 9.10 Å². The summed E-state index contributed by atoms with van der Waals surface area (Å²) in [6.07, 6.45) is 1.64. The third kappa shape index (κ3) is 5.59. The predicted molar refractivity (Wildman–Crippen MR) is 121 cm³/mol. The van der Waals surface area contributed by atoms with E-state index in [1.807, 2.05) is 12.1 Å². The van der Waals surface area contributed by atoms with Crippen LogP contribution in [0.25, 0.3) is 0 Å². The number of anilines is 1. The fourth-order valence-corrected chi connectivity index (χ4v) is 4.71. The Labute approximate surface area is 185 Å². The molecule has 6 nitrogen and oxygen atoms in total. The van der Waals surface area contributed by atoms with Crippen LogP contribution in [0.1, 0.15) is 16.1 Å². The first-order valence-corrected chi connectivity index (χ1v) is 12.1. The van der Waals surface area contributed by atoms with Crippen LogP contribution >= 0.6 is 23.4 Å². The fraction of sp³-hybridized carbons (Fsp3) is 0.190. The van der Waals surface area contributed by atoms with Gasteiger partial charge in [0.25, 0.3) is 15.9 Å². The zero-order chi connectivity index (χ0) is 21.6. The lowest BCUT2D eigenvalue weighted by Crippen LogP contribution is -2.27. The summed E-state index contributed by atoms with van der Waals surface area (Å²) in [5.41, 5.74) is 0.919. The smallest absolute Gasteiger partial charge is 0.264 e. The Balaban J connectivity index is 1.54. The normalized spacial score (nSPS) is 11.3. The van der Waals surface area contributed by atoms with Crippen molar-refractivity contribution in [3.8, 4) is 0 Å². The number of carbonyl (C=O) groups excluding carboxylic acids is 1. The Kier molecular flexibility index (Phi) is 7.47. The van der Waals surface area contributed by atoms with Crippen molar-refractivity contribution in [2.75, 3.05) is 23.7 Å². The number of nitrogens with one attached hydrogen (secondary N) is 1. The van der Waals surface area contributed by atoms with Gasteiger partial charge in [-0.15, -0.1) is 0 Å². The monoisotopic (exact) mass is 464 g/mol. The highest BCUT2D eigenvalue weighted by Gasteiger charge is 2.21. The van der Waals surface area contributed by atoms with Crippen molar-refractivity contribution in [2.24, 2.45) is 0 Å².